The van der Waals surface area contributed by atoms with Crippen LogP contribution in [0.2, 0.25) is 0 Å². The fraction of sp³-hybridized carbons (Fsp3) is 0.500. The van der Waals surface area contributed by atoms with Gasteiger partial charge in [0.25, 0.3) is 5.79 Å². The first-order valence-corrected chi connectivity index (χ1v) is 7.07. The molecule has 0 unspecified atom stereocenters. The topological polar surface area (TPSA) is 71.1 Å². The second-order valence-corrected chi connectivity index (χ2v) is 6.44. The lowest BCUT2D eigenvalue weighted by molar-refractivity contribution is -0.243. The highest BCUT2D eigenvalue weighted by Crippen LogP contribution is 2.46. The van der Waals surface area contributed by atoms with Gasteiger partial charge in [-0.25, -0.2) is 0 Å². The predicted octanol–water partition coefficient (Wildman–Crippen LogP) is 2.15. The molecule has 118 valence electrons. The number of cyclic esters (lactones) is 2. The highest BCUT2D eigenvalue weighted by atomic mass is 16.7. The van der Waals surface area contributed by atoms with Crippen LogP contribution in [0.4, 0.5) is 0 Å². The van der Waals surface area contributed by atoms with Gasteiger partial charge in [-0.2, -0.15) is 0 Å². The molecule has 0 N–H and O–H groups in total. The zero-order valence-electron chi connectivity index (χ0n) is 13.0. The number of rotatable bonds is 2. The quantitative estimate of drug-likeness (QED) is 0.616. The Kier molecular flexibility index (Phi) is 3.09. The van der Waals surface area contributed by atoms with Gasteiger partial charge in [0, 0.05) is 24.8 Å². The van der Waals surface area contributed by atoms with E-state index in [4.69, 9.17) is 18.9 Å². The molecule has 2 aliphatic heterocycles. The largest absolute Gasteiger partial charge is 0.454 e. The second-order valence-electron chi connectivity index (χ2n) is 6.44. The van der Waals surface area contributed by atoms with E-state index in [1.54, 1.807) is 26.0 Å². The summed E-state index contributed by atoms with van der Waals surface area (Å²) in [5.74, 6) is -2.33. The van der Waals surface area contributed by atoms with Gasteiger partial charge in [-0.3, -0.25) is 9.59 Å². The maximum absolute atomic E-state index is 12.3. The molecule has 0 radical (unpaired) electrons. The number of esters is 2. The van der Waals surface area contributed by atoms with Crippen LogP contribution in [0, 0.1) is 5.92 Å². The molecule has 0 atom stereocenters. The first kappa shape index (κ1) is 14.7. The van der Waals surface area contributed by atoms with Gasteiger partial charge in [0.15, 0.2) is 17.4 Å². The van der Waals surface area contributed by atoms with Gasteiger partial charge in [-0.05, 0) is 6.07 Å². The SMILES string of the molecule is CC1(C)OC(=O)C(C(C)(C)c2cccc3c2OCO3)C(=O)O1. The van der Waals surface area contributed by atoms with Crippen molar-refractivity contribution in [3.63, 3.8) is 0 Å². The molecule has 0 spiro atoms. The average molecular weight is 306 g/mol. The van der Waals surface area contributed by atoms with Crippen molar-refractivity contribution in [2.45, 2.75) is 38.9 Å². The Hall–Kier alpha value is -2.24. The van der Waals surface area contributed by atoms with E-state index in [0.717, 1.165) is 0 Å². The van der Waals surface area contributed by atoms with E-state index in [9.17, 15) is 9.59 Å². The summed E-state index contributed by atoms with van der Waals surface area (Å²) in [7, 11) is 0. The number of carbonyl (C=O) groups excluding carboxylic acids is 2. The zero-order valence-corrected chi connectivity index (χ0v) is 13.0. The number of carbonyl (C=O) groups is 2. The van der Waals surface area contributed by atoms with Gasteiger partial charge in [0.2, 0.25) is 6.79 Å². The van der Waals surface area contributed by atoms with E-state index in [1.165, 1.54) is 13.8 Å². The Morgan fingerprint density at radius 1 is 1.09 bits per heavy atom. The molecule has 1 aromatic rings. The number of ether oxygens (including phenoxy) is 4. The highest BCUT2D eigenvalue weighted by Gasteiger charge is 2.52. The van der Waals surface area contributed by atoms with Crippen LogP contribution >= 0.6 is 0 Å². The number of hydrogen-bond acceptors (Lipinski definition) is 6. The van der Waals surface area contributed by atoms with Crippen LogP contribution in [-0.4, -0.2) is 24.5 Å². The van der Waals surface area contributed by atoms with E-state index < -0.39 is 29.1 Å². The molecule has 1 saturated heterocycles. The Morgan fingerprint density at radius 3 is 2.36 bits per heavy atom. The Bertz CT molecular complexity index is 626. The summed E-state index contributed by atoms with van der Waals surface area (Å²) in [6.07, 6.45) is 0. The lowest BCUT2D eigenvalue weighted by atomic mass is 9.72. The van der Waals surface area contributed by atoms with Crippen molar-refractivity contribution in [1.82, 2.24) is 0 Å². The monoisotopic (exact) mass is 306 g/mol. The Labute approximate surface area is 128 Å². The van der Waals surface area contributed by atoms with Gasteiger partial charge in [0.05, 0.1) is 0 Å². The van der Waals surface area contributed by atoms with Crippen LogP contribution in [0.15, 0.2) is 18.2 Å². The maximum atomic E-state index is 12.3. The van der Waals surface area contributed by atoms with Crippen molar-refractivity contribution in [2.24, 2.45) is 5.92 Å². The minimum atomic E-state index is -1.24. The number of benzene rings is 1. The zero-order chi connectivity index (χ0) is 16.1. The van der Waals surface area contributed by atoms with Gasteiger partial charge in [-0.1, -0.05) is 26.0 Å². The van der Waals surface area contributed by atoms with Crippen LogP contribution < -0.4 is 9.47 Å². The maximum Gasteiger partial charge on any atom is 0.324 e. The lowest BCUT2D eigenvalue weighted by Gasteiger charge is -2.39. The molecule has 3 rings (SSSR count). The third kappa shape index (κ3) is 2.19. The summed E-state index contributed by atoms with van der Waals surface area (Å²) in [5.41, 5.74) is -0.148. The summed E-state index contributed by atoms with van der Waals surface area (Å²) in [6.45, 7) is 6.76. The molecule has 0 aliphatic carbocycles. The third-order valence-corrected chi connectivity index (χ3v) is 3.98. The standard InChI is InChI=1S/C16H18O6/c1-15(2,9-6-5-7-10-12(9)20-8-19-10)11-13(17)21-16(3,4)22-14(11)18/h5-7,11H,8H2,1-4H3. The second kappa shape index (κ2) is 4.63. The van der Waals surface area contributed by atoms with E-state index >= 15 is 0 Å². The molecule has 2 heterocycles. The average Bonchev–Trinajstić information content (AvgIpc) is 2.83. The lowest BCUT2D eigenvalue weighted by Crippen LogP contribution is -2.52. The third-order valence-electron chi connectivity index (χ3n) is 3.98. The molecule has 0 bridgehead atoms. The molecule has 0 saturated carbocycles. The first-order valence-electron chi connectivity index (χ1n) is 7.07. The van der Waals surface area contributed by atoms with Gasteiger partial charge < -0.3 is 18.9 Å². The molecular weight excluding hydrogens is 288 g/mol. The molecule has 2 aliphatic rings. The van der Waals surface area contributed by atoms with Crippen LogP contribution in [0.1, 0.15) is 33.3 Å². The predicted molar refractivity (Wildman–Crippen MR) is 75.3 cm³/mol. The van der Waals surface area contributed by atoms with Crippen LogP contribution in [0.5, 0.6) is 11.5 Å². The summed E-state index contributed by atoms with van der Waals surface area (Å²) >= 11 is 0. The molecule has 6 heteroatoms. The molecule has 6 nitrogen and oxygen atoms in total. The van der Waals surface area contributed by atoms with Crippen molar-refractivity contribution in [2.75, 3.05) is 6.79 Å². The van der Waals surface area contributed by atoms with Crippen molar-refractivity contribution in [3.05, 3.63) is 23.8 Å². The normalized spacial score (nSPS) is 20.5. The van der Waals surface area contributed by atoms with Gasteiger partial charge >= 0.3 is 11.9 Å². The number of fused-ring (bicyclic) bond motifs is 1. The van der Waals surface area contributed by atoms with Crippen molar-refractivity contribution in [3.8, 4) is 11.5 Å². The van der Waals surface area contributed by atoms with E-state index in [2.05, 4.69) is 0 Å². The molecule has 0 amide bonds. The molecule has 1 fully saturated rings. The smallest absolute Gasteiger partial charge is 0.324 e. The molecule has 1 aromatic carbocycles. The number of para-hydroxylation sites is 1. The molecule has 22 heavy (non-hydrogen) atoms. The minimum absolute atomic E-state index is 0.120. The van der Waals surface area contributed by atoms with E-state index in [-0.39, 0.29) is 6.79 Å². The summed E-state index contributed by atoms with van der Waals surface area (Å²) in [5, 5.41) is 0. The highest BCUT2D eigenvalue weighted by molar-refractivity contribution is 5.98. The van der Waals surface area contributed by atoms with Crippen LogP contribution in [-0.2, 0) is 24.5 Å². The van der Waals surface area contributed by atoms with Gasteiger partial charge in [0.1, 0.15) is 0 Å². The Morgan fingerprint density at radius 2 is 1.73 bits per heavy atom. The fourth-order valence-corrected chi connectivity index (χ4v) is 2.90. The van der Waals surface area contributed by atoms with E-state index in [1.807, 2.05) is 6.07 Å². The summed E-state index contributed by atoms with van der Waals surface area (Å²) < 4.78 is 21.3. The summed E-state index contributed by atoms with van der Waals surface area (Å²) in [6, 6.07) is 5.39. The van der Waals surface area contributed by atoms with Crippen molar-refractivity contribution >= 4 is 11.9 Å². The van der Waals surface area contributed by atoms with Crippen LogP contribution in [0.25, 0.3) is 0 Å². The Balaban J connectivity index is 2.02. The molecule has 0 aromatic heterocycles. The fourth-order valence-electron chi connectivity index (χ4n) is 2.90. The van der Waals surface area contributed by atoms with Crippen LogP contribution in [0.3, 0.4) is 0 Å². The minimum Gasteiger partial charge on any atom is -0.454 e. The van der Waals surface area contributed by atoms with Crippen molar-refractivity contribution in [1.29, 1.82) is 0 Å². The van der Waals surface area contributed by atoms with E-state index in [0.29, 0.717) is 17.1 Å². The van der Waals surface area contributed by atoms with Crippen molar-refractivity contribution < 1.29 is 28.5 Å². The molecular formula is C16H18O6. The van der Waals surface area contributed by atoms with Gasteiger partial charge in [-0.15, -0.1) is 0 Å². The summed E-state index contributed by atoms with van der Waals surface area (Å²) in [4.78, 5) is 24.7. The number of hydrogen-bond donors (Lipinski definition) is 0. The first-order chi connectivity index (χ1) is 10.2.